The van der Waals surface area contributed by atoms with Gasteiger partial charge in [0.2, 0.25) is 5.91 Å². The SMILES string of the molecule is Cc1cc(CC(=O)N2c3ccccc3CC2C)c[nH]1. The third-order valence-corrected chi connectivity index (χ3v) is 3.72. The molecule has 0 spiro atoms. The summed E-state index contributed by atoms with van der Waals surface area (Å²) in [5.74, 6) is 0.177. The molecule has 98 valence electrons. The van der Waals surface area contributed by atoms with Crippen LogP contribution in [0.5, 0.6) is 0 Å². The average molecular weight is 254 g/mol. The summed E-state index contributed by atoms with van der Waals surface area (Å²) in [4.78, 5) is 17.6. The fraction of sp³-hybridized carbons (Fsp3) is 0.312. The van der Waals surface area contributed by atoms with Crippen LogP contribution in [0.15, 0.2) is 36.5 Å². The van der Waals surface area contributed by atoms with Crippen molar-refractivity contribution in [2.45, 2.75) is 32.7 Å². The summed E-state index contributed by atoms with van der Waals surface area (Å²) >= 11 is 0. The predicted molar refractivity (Wildman–Crippen MR) is 76.3 cm³/mol. The van der Waals surface area contributed by atoms with E-state index in [-0.39, 0.29) is 11.9 Å². The molecule has 3 rings (SSSR count). The lowest BCUT2D eigenvalue weighted by molar-refractivity contribution is -0.118. The highest BCUT2D eigenvalue weighted by atomic mass is 16.2. The van der Waals surface area contributed by atoms with Crippen molar-refractivity contribution < 1.29 is 4.79 Å². The van der Waals surface area contributed by atoms with Crippen LogP contribution in [0.3, 0.4) is 0 Å². The molecule has 0 saturated heterocycles. The minimum atomic E-state index is 0.177. The summed E-state index contributed by atoms with van der Waals surface area (Å²) in [7, 11) is 0. The molecular weight excluding hydrogens is 236 g/mol. The van der Waals surface area contributed by atoms with Crippen LogP contribution in [0.25, 0.3) is 0 Å². The van der Waals surface area contributed by atoms with E-state index in [9.17, 15) is 4.79 Å². The van der Waals surface area contributed by atoms with Crippen molar-refractivity contribution in [2.75, 3.05) is 4.90 Å². The Bertz CT molecular complexity index is 615. The van der Waals surface area contributed by atoms with E-state index in [0.717, 1.165) is 23.4 Å². The highest BCUT2D eigenvalue weighted by Crippen LogP contribution is 2.32. The topological polar surface area (TPSA) is 36.1 Å². The largest absolute Gasteiger partial charge is 0.365 e. The van der Waals surface area contributed by atoms with Crippen LogP contribution in [-0.4, -0.2) is 16.9 Å². The number of hydrogen-bond donors (Lipinski definition) is 1. The Balaban J connectivity index is 1.84. The van der Waals surface area contributed by atoms with Crippen molar-refractivity contribution in [3.05, 3.63) is 53.3 Å². The maximum Gasteiger partial charge on any atom is 0.231 e. The summed E-state index contributed by atoms with van der Waals surface area (Å²) in [6, 6.07) is 10.5. The third kappa shape index (κ3) is 2.16. The fourth-order valence-corrected chi connectivity index (χ4v) is 2.88. The monoisotopic (exact) mass is 254 g/mol. The summed E-state index contributed by atoms with van der Waals surface area (Å²) in [5.41, 5.74) is 4.50. The van der Waals surface area contributed by atoms with Crippen LogP contribution in [-0.2, 0) is 17.6 Å². The van der Waals surface area contributed by atoms with Gasteiger partial charge in [0.05, 0.1) is 6.42 Å². The van der Waals surface area contributed by atoms with E-state index in [1.54, 1.807) is 0 Å². The number of aryl methyl sites for hydroxylation is 1. The van der Waals surface area contributed by atoms with E-state index in [1.807, 2.05) is 42.3 Å². The third-order valence-electron chi connectivity index (χ3n) is 3.72. The van der Waals surface area contributed by atoms with E-state index < -0.39 is 0 Å². The molecule has 1 unspecified atom stereocenters. The molecule has 1 aromatic carbocycles. The minimum Gasteiger partial charge on any atom is -0.365 e. The number of fused-ring (bicyclic) bond motifs is 1. The number of carbonyl (C=O) groups excluding carboxylic acids is 1. The van der Waals surface area contributed by atoms with Crippen LogP contribution >= 0.6 is 0 Å². The summed E-state index contributed by atoms with van der Waals surface area (Å²) in [6.45, 7) is 4.11. The number of aromatic nitrogens is 1. The van der Waals surface area contributed by atoms with Crippen LogP contribution < -0.4 is 4.90 Å². The number of para-hydroxylation sites is 1. The zero-order valence-corrected chi connectivity index (χ0v) is 11.3. The molecule has 1 aromatic heterocycles. The van der Waals surface area contributed by atoms with Gasteiger partial charge < -0.3 is 9.88 Å². The Morgan fingerprint density at radius 1 is 1.42 bits per heavy atom. The number of nitrogens with zero attached hydrogens (tertiary/aromatic N) is 1. The second-order valence-electron chi connectivity index (χ2n) is 5.31. The molecule has 1 aliphatic heterocycles. The van der Waals surface area contributed by atoms with Gasteiger partial charge in [0, 0.05) is 23.6 Å². The number of nitrogens with one attached hydrogen (secondary N) is 1. The molecule has 0 saturated carbocycles. The van der Waals surface area contributed by atoms with Gasteiger partial charge in [-0.1, -0.05) is 18.2 Å². The van der Waals surface area contributed by atoms with Gasteiger partial charge in [-0.25, -0.2) is 0 Å². The van der Waals surface area contributed by atoms with E-state index in [4.69, 9.17) is 0 Å². The Labute approximate surface area is 113 Å². The number of amides is 1. The second-order valence-corrected chi connectivity index (χ2v) is 5.31. The van der Waals surface area contributed by atoms with Crippen molar-refractivity contribution in [1.29, 1.82) is 0 Å². The molecule has 0 fully saturated rings. The Morgan fingerprint density at radius 2 is 2.21 bits per heavy atom. The van der Waals surface area contributed by atoms with E-state index in [2.05, 4.69) is 18.0 Å². The molecule has 1 aliphatic rings. The first-order chi connectivity index (χ1) is 9.15. The average Bonchev–Trinajstić information content (AvgIpc) is 2.91. The highest BCUT2D eigenvalue weighted by Gasteiger charge is 2.30. The fourth-order valence-electron chi connectivity index (χ4n) is 2.88. The number of hydrogen-bond acceptors (Lipinski definition) is 1. The van der Waals surface area contributed by atoms with Crippen molar-refractivity contribution in [2.24, 2.45) is 0 Å². The smallest absolute Gasteiger partial charge is 0.231 e. The summed E-state index contributed by atoms with van der Waals surface area (Å²) in [6.07, 6.45) is 3.33. The zero-order chi connectivity index (χ0) is 13.4. The molecule has 1 amide bonds. The van der Waals surface area contributed by atoms with Gasteiger partial charge in [0.1, 0.15) is 0 Å². The normalized spacial score (nSPS) is 17.6. The van der Waals surface area contributed by atoms with Crippen molar-refractivity contribution in [1.82, 2.24) is 4.98 Å². The maximum absolute atomic E-state index is 12.5. The Hall–Kier alpha value is -2.03. The number of rotatable bonds is 2. The minimum absolute atomic E-state index is 0.177. The number of H-pyrrole nitrogens is 1. The Kier molecular flexibility index (Phi) is 2.90. The lowest BCUT2D eigenvalue weighted by Gasteiger charge is -2.22. The first kappa shape index (κ1) is 12.0. The predicted octanol–water partition coefficient (Wildman–Crippen LogP) is 2.84. The van der Waals surface area contributed by atoms with E-state index in [0.29, 0.717) is 6.42 Å². The van der Waals surface area contributed by atoms with Gasteiger partial charge in [-0.2, -0.15) is 0 Å². The molecule has 0 bridgehead atoms. The molecule has 0 radical (unpaired) electrons. The van der Waals surface area contributed by atoms with E-state index in [1.165, 1.54) is 5.56 Å². The van der Waals surface area contributed by atoms with Crippen LogP contribution in [0.4, 0.5) is 5.69 Å². The second kappa shape index (κ2) is 4.57. The summed E-state index contributed by atoms with van der Waals surface area (Å²) < 4.78 is 0. The Morgan fingerprint density at radius 3 is 2.95 bits per heavy atom. The number of carbonyl (C=O) groups is 1. The van der Waals surface area contributed by atoms with Crippen molar-refractivity contribution in [3.63, 3.8) is 0 Å². The number of aromatic amines is 1. The number of anilines is 1. The molecular formula is C16H18N2O. The molecule has 2 heterocycles. The first-order valence-electron chi connectivity index (χ1n) is 6.69. The van der Waals surface area contributed by atoms with Gasteiger partial charge in [0.25, 0.3) is 0 Å². The van der Waals surface area contributed by atoms with Gasteiger partial charge in [0.15, 0.2) is 0 Å². The van der Waals surface area contributed by atoms with Crippen LogP contribution in [0, 0.1) is 6.92 Å². The van der Waals surface area contributed by atoms with Crippen LogP contribution in [0.2, 0.25) is 0 Å². The molecule has 1 N–H and O–H groups in total. The molecule has 1 atom stereocenters. The van der Waals surface area contributed by atoms with Gasteiger partial charge in [-0.15, -0.1) is 0 Å². The molecule has 0 aliphatic carbocycles. The maximum atomic E-state index is 12.5. The highest BCUT2D eigenvalue weighted by molar-refractivity contribution is 5.97. The van der Waals surface area contributed by atoms with E-state index >= 15 is 0 Å². The quantitative estimate of drug-likeness (QED) is 0.879. The standard InChI is InChI=1S/C16H18N2O/c1-11-7-13(10-17-11)9-16(19)18-12(2)8-14-5-3-4-6-15(14)18/h3-7,10,12,17H,8-9H2,1-2H3. The molecule has 2 aromatic rings. The molecule has 3 heteroatoms. The van der Waals surface area contributed by atoms with Gasteiger partial charge in [-0.05, 0) is 43.5 Å². The van der Waals surface area contributed by atoms with Crippen LogP contribution in [0.1, 0.15) is 23.7 Å². The van der Waals surface area contributed by atoms with Crippen molar-refractivity contribution in [3.8, 4) is 0 Å². The van der Waals surface area contributed by atoms with Gasteiger partial charge in [-0.3, -0.25) is 4.79 Å². The lowest BCUT2D eigenvalue weighted by Crippen LogP contribution is -2.36. The zero-order valence-electron chi connectivity index (χ0n) is 11.3. The van der Waals surface area contributed by atoms with Gasteiger partial charge >= 0.3 is 0 Å². The first-order valence-corrected chi connectivity index (χ1v) is 6.69. The lowest BCUT2D eigenvalue weighted by atomic mass is 10.1. The molecule has 3 nitrogen and oxygen atoms in total. The number of benzene rings is 1. The molecule has 19 heavy (non-hydrogen) atoms. The van der Waals surface area contributed by atoms with Crippen molar-refractivity contribution >= 4 is 11.6 Å². The summed E-state index contributed by atoms with van der Waals surface area (Å²) in [5, 5.41) is 0.